The van der Waals surface area contributed by atoms with E-state index in [1.807, 2.05) is 18.2 Å². The molecular formula is C15H11FN2O2. The van der Waals surface area contributed by atoms with Gasteiger partial charge in [0.15, 0.2) is 5.76 Å². The third kappa shape index (κ3) is 2.21. The lowest BCUT2D eigenvalue weighted by atomic mass is 10.2. The normalized spacial score (nSPS) is 10.7. The van der Waals surface area contributed by atoms with Crippen molar-refractivity contribution in [1.29, 1.82) is 0 Å². The number of nitrogens with one attached hydrogen (secondary N) is 1. The van der Waals surface area contributed by atoms with Crippen molar-refractivity contribution in [3.8, 4) is 0 Å². The second kappa shape index (κ2) is 4.70. The Morgan fingerprint density at radius 1 is 1.15 bits per heavy atom. The van der Waals surface area contributed by atoms with Crippen LogP contribution in [0.25, 0.3) is 11.0 Å². The van der Waals surface area contributed by atoms with E-state index in [9.17, 15) is 9.18 Å². The summed E-state index contributed by atoms with van der Waals surface area (Å²) in [5, 5.41) is 3.39. The van der Waals surface area contributed by atoms with E-state index in [2.05, 4.69) is 5.32 Å². The van der Waals surface area contributed by atoms with Crippen molar-refractivity contribution in [2.24, 2.45) is 0 Å². The van der Waals surface area contributed by atoms with E-state index in [0.29, 0.717) is 11.3 Å². The van der Waals surface area contributed by atoms with Crippen molar-refractivity contribution in [2.45, 2.75) is 0 Å². The van der Waals surface area contributed by atoms with Crippen LogP contribution in [-0.2, 0) is 0 Å². The highest BCUT2D eigenvalue weighted by Crippen LogP contribution is 2.21. The standard InChI is InChI=1S/C15H11FN2O2/c16-11-8-10(5-6-12(11)17)18-15(19)14-7-9-3-1-2-4-13(9)20-14/h1-8H,17H2,(H,18,19). The zero-order chi connectivity index (χ0) is 14.1. The number of fused-ring (bicyclic) bond motifs is 1. The van der Waals surface area contributed by atoms with Crippen molar-refractivity contribution in [1.82, 2.24) is 0 Å². The minimum Gasteiger partial charge on any atom is -0.451 e. The van der Waals surface area contributed by atoms with Gasteiger partial charge in [0.25, 0.3) is 5.91 Å². The van der Waals surface area contributed by atoms with Crippen LogP contribution in [0.1, 0.15) is 10.6 Å². The van der Waals surface area contributed by atoms with Gasteiger partial charge >= 0.3 is 0 Å². The molecule has 100 valence electrons. The second-order valence-corrected chi connectivity index (χ2v) is 4.34. The summed E-state index contributed by atoms with van der Waals surface area (Å²) in [5.41, 5.74) is 6.36. The van der Waals surface area contributed by atoms with Crippen LogP contribution in [0.5, 0.6) is 0 Å². The van der Waals surface area contributed by atoms with Gasteiger partial charge in [-0.2, -0.15) is 0 Å². The number of amides is 1. The summed E-state index contributed by atoms with van der Waals surface area (Å²) in [6.45, 7) is 0. The predicted octanol–water partition coefficient (Wildman–Crippen LogP) is 3.41. The third-order valence-corrected chi connectivity index (χ3v) is 2.91. The highest BCUT2D eigenvalue weighted by molar-refractivity contribution is 6.04. The molecule has 3 aromatic rings. The molecule has 0 aliphatic carbocycles. The Kier molecular flexibility index (Phi) is 2.87. The van der Waals surface area contributed by atoms with Crippen molar-refractivity contribution in [3.05, 3.63) is 60.1 Å². The van der Waals surface area contributed by atoms with E-state index in [1.54, 1.807) is 12.1 Å². The van der Waals surface area contributed by atoms with Gasteiger partial charge in [-0.15, -0.1) is 0 Å². The van der Waals surface area contributed by atoms with Gasteiger partial charge in [0.05, 0.1) is 5.69 Å². The minimum absolute atomic E-state index is 0.0340. The van der Waals surface area contributed by atoms with E-state index in [-0.39, 0.29) is 11.4 Å². The summed E-state index contributed by atoms with van der Waals surface area (Å²) in [6, 6.07) is 13.0. The lowest BCUT2D eigenvalue weighted by Crippen LogP contribution is -2.11. The number of benzene rings is 2. The van der Waals surface area contributed by atoms with Crippen LogP contribution < -0.4 is 11.1 Å². The molecule has 0 saturated carbocycles. The molecule has 1 aromatic heterocycles. The minimum atomic E-state index is -0.576. The first-order chi connectivity index (χ1) is 9.63. The van der Waals surface area contributed by atoms with Crippen LogP contribution in [0, 0.1) is 5.82 Å². The maximum Gasteiger partial charge on any atom is 0.291 e. The Morgan fingerprint density at radius 2 is 1.95 bits per heavy atom. The highest BCUT2D eigenvalue weighted by atomic mass is 19.1. The van der Waals surface area contributed by atoms with Crippen LogP contribution in [0.4, 0.5) is 15.8 Å². The SMILES string of the molecule is Nc1ccc(NC(=O)c2cc3ccccc3o2)cc1F. The molecule has 1 amide bonds. The second-order valence-electron chi connectivity index (χ2n) is 4.34. The molecule has 3 N–H and O–H groups in total. The number of carbonyl (C=O) groups excluding carboxylic acids is 1. The molecule has 0 spiro atoms. The number of furan rings is 1. The first kappa shape index (κ1) is 12.2. The highest BCUT2D eigenvalue weighted by Gasteiger charge is 2.12. The molecule has 0 bridgehead atoms. The molecule has 2 aromatic carbocycles. The number of para-hydroxylation sites is 1. The molecule has 0 radical (unpaired) electrons. The van der Waals surface area contributed by atoms with Crippen molar-refractivity contribution >= 4 is 28.3 Å². The molecule has 1 heterocycles. The van der Waals surface area contributed by atoms with Gasteiger partial charge in [-0.1, -0.05) is 18.2 Å². The van der Waals surface area contributed by atoms with Gasteiger partial charge < -0.3 is 15.5 Å². The van der Waals surface area contributed by atoms with Crippen LogP contribution in [0.3, 0.4) is 0 Å². The first-order valence-corrected chi connectivity index (χ1v) is 5.98. The van der Waals surface area contributed by atoms with E-state index in [4.69, 9.17) is 10.2 Å². The summed E-state index contributed by atoms with van der Waals surface area (Å²) in [6.07, 6.45) is 0. The average molecular weight is 270 g/mol. The molecular weight excluding hydrogens is 259 g/mol. The fourth-order valence-corrected chi connectivity index (χ4v) is 1.89. The molecule has 4 nitrogen and oxygen atoms in total. The number of hydrogen-bond donors (Lipinski definition) is 2. The Balaban J connectivity index is 1.86. The number of carbonyl (C=O) groups is 1. The van der Waals surface area contributed by atoms with Gasteiger partial charge in [0.1, 0.15) is 11.4 Å². The summed E-state index contributed by atoms with van der Waals surface area (Å²) in [7, 11) is 0. The molecule has 20 heavy (non-hydrogen) atoms. The van der Waals surface area contributed by atoms with E-state index >= 15 is 0 Å². The van der Waals surface area contributed by atoms with Gasteiger partial charge in [-0.25, -0.2) is 4.39 Å². The topological polar surface area (TPSA) is 68.3 Å². The number of anilines is 2. The van der Waals surface area contributed by atoms with Gasteiger partial charge in [0, 0.05) is 11.1 Å². The maximum absolute atomic E-state index is 13.3. The zero-order valence-electron chi connectivity index (χ0n) is 10.4. The Labute approximate surface area is 114 Å². The van der Waals surface area contributed by atoms with E-state index in [0.717, 1.165) is 11.5 Å². The largest absolute Gasteiger partial charge is 0.451 e. The van der Waals surface area contributed by atoms with Crippen LogP contribution in [-0.4, -0.2) is 5.91 Å². The van der Waals surface area contributed by atoms with Crippen LogP contribution >= 0.6 is 0 Å². The fourth-order valence-electron chi connectivity index (χ4n) is 1.89. The van der Waals surface area contributed by atoms with Crippen LogP contribution in [0.15, 0.2) is 52.9 Å². The lowest BCUT2D eigenvalue weighted by Gasteiger charge is -2.04. The molecule has 0 fully saturated rings. The number of nitrogen functional groups attached to an aromatic ring is 1. The van der Waals surface area contributed by atoms with Crippen molar-refractivity contribution < 1.29 is 13.6 Å². The maximum atomic E-state index is 13.3. The van der Waals surface area contributed by atoms with Gasteiger partial charge in [-0.05, 0) is 30.3 Å². The first-order valence-electron chi connectivity index (χ1n) is 5.98. The molecule has 0 saturated heterocycles. The number of halogens is 1. The van der Waals surface area contributed by atoms with Crippen molar-refractivity contribution in [3.63, 3.8) is 0 Å². The molecule has 3 rings (SSSR count). The monoisotopic (exact) mass is 270 g/mol. The summed E-state index contributed by atoms with van der Waals surface area (Å²) in [4.78, 5) is 12.0. The van der Waals surface area contributed by atoms with E-state index in [1.165, 1.54) is 12.1 Å². The quantitative estimate of drug-likeness (QED) is 0.701. The lowest BCUT2D eigenvalue weighted by molar-refractivity contribution is 0.0998. The summed E-state index contributed by atoms with van der Waals surface area (Å²) < 4.78 is 18.7. The van der Waals surface area contributed by atoms with Crippen molar-refractivity contribution in [2.75, 3.05) is 11.1 Å². The Hall–Kier alpha value is -2.82. The number of nitrogens with two attached hydrogens (primary N) is 1. The van der Waals surface area contributed by atoms with E-state index < -0.39 is 11.7 Å². The third-order valence-electron chi connectivity index (χ3n) is 2.91. The fraction of sp³-hybridized carbons (Fsp3) is 0. The molecule has 0 aliphatic heterocycles. The molecule has 5 heteroatoms. The van der Waals surface area contributed by atoms with Gasteiger partial charge in [-0.3, -0.25) is 4.79 Å². The molecule has 0 unspecified atom stereocenters. The average Bonchev–Trinajstić information content (AvgIpc) is 2.87. The summed E-state index contributed by atoms with van der Waals surface area (Å²) in [5.74, 6) is -0.846. The number of hydrogen-bond acceptors (Lipinski definition) is 3. The zero-order valence-corrected chi connectivity index (χ0v) is 10.4. The predicted molar refractivity (Wildman–Crippen MR) is 75.0 cm³/mol. The van der Waals surface area contributed by atoms with Gasteiger partial charge in [0.2, 0.25) is 0 Å². The Morgan fingerprint density at radius 3 is 2.70 bits per heavy atom. The molecule has 0 atom stereocenters. The smallest absolute Gasteiger partial charge is 0.291 e. The van der Waals surface area contributed by atoms with Crippen LogP contribution in [0.2, 0.25) is 0 Å². The summed E-state index contributed by atoms with van der Waals surface area (Å²) >= 11 is 0. The Bertz CT molecular complexity index is 762. The number of rotatable bonds is 2. The molecule has 0 aliphatic rings.